The molecule has 3 heterocycles. The van der Waals surface area contributed by atoms with Crippen LogP contribution in [0.15, 0.2) is 18.6 Å². The molecule has 2 aromatic heterocycles. The number of aryl methyl sites for hydroxylation is 1. The fourth-order valence-electron chi connectivity index (χ4n) is 2.51. The SMILES string of the molecule is Cc1nc(-c2cnccn2)n(C2CCN(C)CC2)n1. The van der Waals surface area contributed by atoms with Crippen molar-refractivity contribution in [3.63, 3.8) is 0 Å². The van der Waals surface area contributed by atoms with Gasteiger partial charge in [0, 0.05) is 12.4 Å². The van der Waals surface area contributed by atoms with E-state index in [1.165, 1.54) is 0 Å². The van der Waals surface area contributed by atoms with Gasteiger partial charge in [-0.3, -0.25) is 4.98 Å². The monoisotopic (exact) mass is 258 g/mol. The summed E-state index contributed by atoms with van der Waals surface area (Å²) in [6, 6.07) is 0.411. The van der Waals surface area contributed by atoms with Crippen molar-refractivity contribution in [3.8, 4) is 11.5 Å². The summed E-state index contributed by atoms with van der Waals surface area (Å²) in [7, 11) is 2.16. The van der Waals surface area contributed by atoms with Crippen molar-refractivity contribution in [2.24, 2.45) is 0 Å². The number of aromatic nitrogens is 5. The number of piperidine rings is 1. The first-order valence-electron chi connectivity index (χ1n) is 6.62. The minimum atomic E-state index is 0.411. The fraction of sp³-hybridized carbons (Fsp3) is 0.538. The highest BCUT2D eigenvalue weighted by atomic mass is 15.4. The minimum absolute atomic E-state index is 0.411. The van der Waals surface area contributed by atoms with Gasteiger partial charge in [-0.05, 0) is 39.9 Å². The van der Waals surface area contributed by atoms with Crippen LogP contribution in [0.1, 0.15) is 24.7 Å². The van der Waals surface area contributed by atoms with E-state index in [-0.39, 0.29) is 0 Å². The molecule has 0 atom stereocenters. The third kappa shape index (κ3) is 2.49. The molecule has 1 aliphatic heterocycles. The molecule has 1 fully saturated rings. The van der Waals surface area contributed by atoms with Crippen LogP contribution in [-0.2, 0) is 0 Å². The largest absolute Gasteiger partial charge is 0.306 e. The van der Waals surface area contributed by atoms with Gasteiger partial charge in [0.25, 0.3) is 0 Å². The molecule has 0 bridgehead atoms. The van der Waals surface area contributed by atoms with Crippen LogP contribution < -0.4 is 0 Å². The minimum Gasteiger partial charge on any atom is -0.306 e. The predicted octanol–water partition coefficient (Wildman–Crippen LogP) is 1.31. The first kappa shape index (κ1) is 12.2. The van der Waals surface area contributed by atoms with E-state index >= 15 is 0 Å². The summed E-state index contributed by atoms with van der Waals surface area (Å²) in [6.07, 6.45) is 7.32. The van der Waals surface area contributed by atoms with E-state index in [4.69, 9.17) is 0 Å². The van der Waals surface area contributed by atoms with E-state index in [0.717, 1.165) is 43.3 Å². The van der Waals surface area contributed by atoms with Crippen LogP contribution in [0.25, 0.3) is 11.5 Å². The van der Waals surface area contributed by atoms with Gasteiger partial charge in [0.15, 0.2) is 5.82 Å². The van der Waals surface area contributed by atoms with Crippen LogP contribution in [0.5, 0.6) is 0 Å². The average molecular weight is 258 g/mol. The molecule has 0 spiro atoms. The Kier molecular flexibility index (Phi) is 3.25. The summed E-state index contributed by atoms with van der Waals surface area (Å²) in [5.74, 6) is 1.62. The highest BCUT2D eigenvalue weighted by molar-refractivity contribution is 5.47. The molecule has 0 radical (unpaired) electrons. The summed E-state index contributed by atoms with van der Waals surface area (Å²) < 4.78 is 2.03. The summed E-state index contributed by atoms with van der Waals surface area (Å²) in [6.45, 7) is 4.12. The lowest BCUT2D eigenvalue weighted by Gasteiger charge is -2.29. The summed E-state index contributed by atoms with van der Waals surface area (Å²) in [4.78, 5) is 15.3. The summed E-state index contributed by atoms with van der Waals surface area (Å²) in [5, 5.41) is 4.55. The lowest BCUT2D eigenvalue weighted by molar-refractivity contribution is 0.213. The molecule has 19 heavy (non-hydrogen) atoms. The van der Waals surface area contributed by atoms with Crippen molar-refractivity contribution in [2.75, 3.05) is 20.1 Å². The zero-order valence-electron chi connectivity index (χ0n) is 11.3. The zero-order chi connectivity index (χ0) is 13.2. The van der Waals surface area contributed by atoms with Gasteiger partial charge in [-0.15, -0.1) is 0 Å². The maximum Gasteiger partial charge on any atom is 0.178 e. The van der Waals surface area contributed by atoms with Gasteiger partial charge in [-0.25, -0.2) is 14.6 Å². The van der Waals surface area contributed by atoms with Gasteiger partial charge in [-0.1, -0.05) is 0 Å². The van der Waals surface area contributed by atoms with Crippen LogP contribution in [-0.4, -0.2) is 49.8 Å². The number of likely N-dealkylation sites (tertiary alicyclic amines) is 1. The highest BCUT2D eigenvalue weighted by Gasteiger charge is 2.23. The number of hydrogen-bond acceptors (Lipinski definition) is 5. The van der Waals surface area contributed by atoms with Gasteiger partial charge < -0.3 is 4.90 Å². The Hall–Kier alpha value is -1.82. The van der Waals surface area contributed by atoms with E-state index in [0.29, 0.717) is 6.04 Å². The Bertz CT molecular complexity index is 542. The first-order valence-corrected chi connectivity index (χ1v) is 6.62. The molecule has 2 aromatic rings. The molecule has 0 amide bonds. The molecule has 6 nitrogen and oxygen atoms in total. The maximum absolute atomic E-state index is 4.55. The van der Waals surface area contributed by atoms with Crippen molar-refractivity contribution < 1.29 is 0 Å². The van der Waals surface area contributed by atoms with Crippen molar-refractivity contribution >= 4 is 0 Å². The molecule has 1 saturated heterocycles. The quantitative estimate of drug-likeness (QED) is 0.813. The molecule has 0 aliphatic carbocycles. The molecule has 0 N–H and O–H groups in total. The van der Waals surface area contributed by atoms with E-state index in [1.54, 1.807) is 18.6 Å². The van der Waals surface area contributed by atoms with Gasteiger partial charge in [0.05, 0.1) is 12.2 Å². The van der Waals surface area contributed by atoms with Crippen molar-refractivity contribution in [1.29, 1.82) is 0 Å². The van der Waals surface area contributed by atoms with Gasteiger partial charge in [0.1, 0.15) is 11.5 Å². The molecule has 3 rings (SSSR count). The Morgan fingerprint density at radius 3 is 2.68 bits per heavy atom. The summed E-state index contributed by atoms with van der Waals surface area (Å²) in [5.41, 5.74) is 0.794. The predicted molar refractivity (Wildman–Crippen MR) is 71.6 cm³/mol. The topological polar surface area (TPSA) is 59.7 Å². The normalized spacial score (nSPS) is 17.8. The molecule has 1 aliphatic rings. The van der Waals surface area contributed by atoms with Crippen LogP contribution in [0, 0.1) is 6.92 Å². The zero-order valence-corrected chi connectivity index (χ0v) is 11.3. The van der Waals surface area contributed by atoms with E-state index in [9.17, 15) is 0 Å². The molecular weight excluding hydrogens is 240 g/mol. The van der Waals surface area contributed by atoms with Crippen LogP contribution in [0.2, 0.25) is 0 Å². The Morgan fingerprint density at radius 1 is 1.21 bits per heavy atom. The van der Waals surface area contributed by atoms with Crippen LogP contribution in [0.4, 0.5) is 0 Å². The molecule has 100 valence electrons. The lowest BCUT2D eigenvalue weighted by Crippen LogP contribution is -2.32. The fourth-order valence-corrected chi connectivity index (χ4v) is 2.51. The Balaban J connectivity index is 1.94. The second kappa shape index (κ2) is 5.05. The van der Waals surface area contributed by atoms with Crippen LogP contribution >= 0.6 is 0 Å². The second-order valence-corrected chi connectivity index (χ2v) is 5.05. The number of nitrogens with zero attached hydrogens (tertiary/aromatic N) is 6. The first-order chi connectivity index (χ1) is 9.24. The third-order valence-electron chi connectivity index (χ3n) is 3.56. The van der Waals surface area contributed by atoms with Crippen LogP contribution in [0.3, 0.4) is 0 Å². The van der Waals surface area contributed by atoms with Crippen molar-refractivity contribution in [3.05, 3.63) is 24.4 Å². The van der Waals surface area contributed by atoms with Crippen molar-refractivity contribution in [2.45, 2.75) is 25.8 Å². The third-order valence-corrected chi connectivity index (χ3v) is 3.56. The standard InChI is InChI=1S/C13H18N6/c1-10-16-13(12-9-14-5-6-15-12)19(17-10)11-3-7-18(2)8-4-11/h5-6,9,11H,3-4,7-8H2,1-2H3. The van der Waals surface area contributed by atoms with E-state index < -0.39 is 0 Å². The Labute approximate surface area is 112 Å². The maximum atomic E-state index is 4.55. The Morgan fingerprint density at radius 2 is 2.00 bits per heavy atom. The molecule has 6 heteroatoms. The summed E-state index contributed by atoms with van der Waals surface area (Å²) >= 11 is 0. The molecule has 0 aromatic carbocycles. The number of rotatable bonds is 2. The van der Waals surface area contributed by atoms with Gasteiger partial charge >= 0.3 is 0 Å². The van der Waals surface area contributed by atoms with Gasteiger partial charge in [0.2, 0.25) is 0 Å². The molecular formula is C13H18N6. The van der Waals surface area contributed by atoms with E-state index in [2.05, 4.69) is 32.0 Å². The average Bonchev–Trinajstić information content (AvgIpc) is 2.83. The number of hydrogen-bond donors (Lipinski definition) is 0. The van der Waals surface area contributed by atoms with E-state index in [1.807, 2.05) is 11.6 Å². The highest BCUT2D eigenvalue weighted by Crippen LogP contribution is 2.25. The smallest absolute Gasteiger partial charge is 0.178 e. The van der Waals surface area contributed by atoms with Gasteiger partial charge in [-0.2, -0.15) is 5.10 Å². The lowest BCUT2D eigenvalue weighted by atomic mass is 10.1. The second-order valence-electron chi connectivity index (χ2n) is 5.05. The van der Waals surface area contributed by atoms with Crippen molar-refractivity contribution in [1.82, 2.24) is 29.6 Å². The molecule has 0 saturated carbocycles. The molecule has 0 unspecified atom stereocenters.